The maximum Gasteiger partial charge on any atom is 0.273 e. The normalized spacial score (nSPS) is 11.1. The van der Waals surface area contributed by atoms with Crippen LogP contribution in [0, 0.1) is 0 Å². The fraction of sp³-hybridized carbons (Fsp3) is 0. The minimum absolute atomic E-state index is 0.215. The minimum Gasteiger partial charge on any atom is -0.444 e. The summed E-state index contributed by atoms with van der Waals surface area (Å²) in [5, 5.41) is 3.48. The quantitative estimate of drug-likeness (QED) is 0.617. The molecule has 0 radical (unpaired) electrons. The summed E-state index contributed by atoms with van der Waals surface area (Å²) in [4.78, 5) is 20.9. The number of hydrogen-bond acceptors (Lipinski definition) is 4. The molecule has 0 bridgehead atoms. The highest BCUT2D eigenvalue weighted by Gasteiger charge is 2.14. The van der Waals surface area contributed by atoms with Gasteiger partial charge in [0.2, 0.25) is 5.89 Å². The second-order valence-corrected chi connectivity index (χ2v) is 5.11. The first kappa shape index (κ1) is 12.8. The molecule has 0 saturated carbocycles. The van der Waals surface area contributed by atoms with Gasteiger partial charge < -0.3 is 4.42 Å². The summed E-state index contributed by atoms with van der Waals surface area (Å²) in [6.45, 7) is 0. The standard InChI is InChI=1S/C15H9ClN4O2/c16-10-3-1-9(2-4-10)12-7-13(21)20-14(19-12)11(8-18-20)15-17-5-6-22-15/h1-8,18H. The summed E-state index contributed by atoms with van der Waals surface area (Å²) in [6.07, 6.45) is 4.65. The number of nitrogens with one attached hydrogen (secondary N) is 1. The number of rotatable bonds is 2. The van der Waals surface area contributed by atoms with E-state index in [1.807, 2.05) is 12.1 Å². The molecule has 0 atom stereocenters. The fourth-order valence-electron chi connectivity index (χ4n) is 2.26. The lowest BCUT2D eigenvalue weighted by atomic mass is 10.1. The lowest BCUT2D eigenvalue weighted by Crippen LogP contribution is -2.14. The Hall–Kier alpha value is -2.86. The van der Waals surface area contributed by atoms with E-state index in [1.54, 1.807) is 24.5 Å². The molecule has 108 valence electrons. The Labute approximate surface area is 129 Å². The fourth-order valence-corrected chi connectivity index (χ4v) is 2.39. The molecule has 0 aliphatic heterocycles. The van der Waals surface area contributed by atoms with Gasteiger partial charge in [0.05, 0.1) is 17.5 Å². The third kappa shape index (κ3) is 2.01. The van der Waals surface area contributed by atoms with E-state index in [1.165, 1.54) is 16.8 Å². The predicted molar refractivity (Wildman–Crippen MR) is 81.8 cm³/mol. The molecular formula is C15H9ClN4O2. The van der Waals surface area contributed by atoms with Gasteiger partial charge in [0, 0.05) is 22.8 Å². The highest BCUT2D eigenvalue weighted by Crippen LogP contribution is 2.24. The van der Waals surface area contributed by atoms with E-state index in [0.29, 0.717) is 27.8 Å². The first-order chi connectivity index (χ1) is 10.7. The molecule has 4 rings (SSSR count). The van der Waals surface area contributed by atoms with Crippen molar-refractivity contribution in [3.8, 4) is 22.7 Å². The second-order valence-electron chi connectivity index (χ2n) is 4.67. The molecule has 0 aliphatic rings. The van der Waals surface area contributed by atoms with Crippen molar-refractivity contribution in [3.63, 3.8) is 0 Å². The summed E-state index contributed by atoms with van der Waals surface area (Å²) >= 11 is 5.89. The van der Waals surface area contributed by atoms with Crippen LogP contribution in [-0.4, -0.2) is 19.6 Å². The number of benzene rings is 1. The van der Waals surface area contributed by atoms with Crippen LogP contribution in [-0.2, 0) is 0 Å². The number of fused-ring (bicyclic) bond motifs is 1. The highest BCUT2D eigenvalue weighted by molar-refractivity contribution is 6.30. The van der Waals surface area contributed by atoms with Crippen molar-refractivity contribution >= 4 is 17.2 Å². The summed E-state index contributed by atoms with van der Waals surface area (Å²) in [5.74, 6) is 0.402. The van der Waals surface area contributed by atoms with Gasteiger partial charge in [-0.3, -0.25) is 9.89 Å². The van der Waals surface area contributed by atoms with Crippen molar-refractivity contribution < 1.29 is 4.42 Å². The molecule has 1 N–H and O–H groups in total. The summed E-state index contributed by atoms with van der Waals surface area (Å²) in [7, 11) is 0. The number of nitrogens with zero attached hydrogens (tertiary/aromatic N) is 3. The van der Waals surface area contributed by atoms with Crippen molar-refractivity contribution in [2.75, 3.05) is 0 Å². The molecule has 22 heavy (non-hydrogen) atoms. The van der Waals surface area contributed by atoms with Gasteiger partial charge in [-0.1, -0.05) is 23.7 Å². The first-order valence-corrected chi connectivity index (χ1v) is 6.87. The monoisotopic (exact) mass is 312 g/mol. The van der Waals surface area contributed by atoms with Crippen LogP contribution in [0.2, 0.25) is 5.02 Å². The van der Waals surface area contributed by atoms with Crippen molar-refractivity contribution in [1.82, 2.24) is 19.6 Å². The zero-order chi connectivity index (χ0) is 15.1. The zero-order valence-corrected chi connectivity index (χ0v) is 11.9. The molecule has 0 fully saturated rings. The molecule has 0 amide bonds. The van der Waals surface area contributed by atoms with Crippen molar-refractivity contribution in [2.24, 2.45) is 0 Å². The number of halogens is 1. The van der Waals surface area contributed by atoms with E-state index in [9.17, 15) is 4.79 Å². The van der Waals surface area contributed by atoms with Gasteiger partial charge in [0.15, 0.2) is 5.65 Å². The molecule has 0 spiro atoms. The molecule has 0 aliphatic carbocycles. The zero-order valence-electron chi connectivity index (χ0n) is 11.2. The molecule has 4 aromatic rings. The summed E-state index contributed by atoms with van der Waals surface area (Å²) in [6, 6.07) is 8.61. The Morgan fingerprint density at radius 2 is 2.05 bits per heavy atom. The average Bonchev–Trinajstić information content (AvgIpc) is 3.16. The van der Waals surface area contributed by atoms with E-state index in [0.717, 1.165) is 5.56 Å². The lowest BCUT2D eigenvalue weighted by molar-refractivity contribution is 0.575. The van der Waals surface area contributed by atoms with E-state index in [2.05, 4.69) is 15.1 Å². The molecule has 0 saturated heterocycles. The highest BCUT2D eigenvalue weighted by atomic mass is 35.5. The van der Waals surface area contributed by atoms with Gasteiger partial charge in [0.1, 0.15) is 6.26 Å². The molecule has 7 heteroatoms. The molecule has 6 nitrogen and oxygen atoms in total. The largest absolute Gasteiger partial charge is 0.444 e. The van der Waals surface area contributed by atoms with Gasteiger partial charge in [-0.15, -0.1) is 0 Å². The molecule has 0 unspecified atom stereocenters. The van der Waals surface area contributed by atoms with Crippen LogP contribution in [0.3, 0.4) is 0 Å². The van der Waals surface area contributed by atoms with Crippen molar-refractivity contribution in [2.45, 2.75) is 0 Å². The van der Waals surface area contributed by atoms with Crippen molar-refractivity contribution in [1.29, 1.82) is 0 Å². The Morgan fingerprint density at radius 3 is 2.77 bits per heavy atom. The van der Waals surface area contributed by atoms with E-state index < -0.39 is 0 Å². The third-order valence-electron chi connectivity index (χ3n) is 3.30. The van der Waals surface area contributed by atoms with Crippen LogP contribution in [0.25, 0.3) is 28.4 Å². The van der Waals surface area contributed by atoms with Gasteiger partial charge in [-0.2, -0.15) is 0 Å². The van der Waals surface area contributed by atoms with Crippen LogP contribution >= 0.6 is 11.6 Å². The molecular weight excluding hydrogens is 304 g/mol. The Morgan fingerprint density at radius 1 is 1.23 bits per heavy atom. The first-order valence-electron chi connectivity index (χ1n) is 6.49. The van der Waals surface area contributed by atoms with Crippen LogP contribution in [0.1, 0.15) is 0 Å². The van der Waals surface area contributed by atoms with Gasteiger partial charge in [-0.25, -0.2) is 14.5 Å². The van der Waals surface area contributed by atoms with Crippen LogP contribution in [0.4, 0.5) is 0 Å². The number of aromatic nitrogens is 4. The van der Waals surface area contributed by atoms with Crippen LogP contribution in [0.5, 0.6) is 0 Å². The van der Waals surface area contributed by atoms with Crippen molar-refractivity contribution in [3.05, 3.63) is 64.4 Å². The molecule has 1 aromatic carbocycles. The van der Waals surface area contributed by atoms with E-state index >= 15 is 0 Å². The number of oxazole rings is 1. The molecule has 3 aromatic heterocycles. The van der Waals surface area contributed by atoms with E-state index in [4.69, 9.17) is 16.0 Å². The summed E-state index contributed by atoms with van der Waals surface area (Å²) in [5.41, 5.74) is 2.24. The van der Waals surface area contributed by atoms with E-state index in [-0.39, 0.29) is 5.56 Å². The van der Waals surface area contributed by atoms with Gasteiger partial charge in [-0.05, 0) is 12.1 Å². The SMILES string of the molecule is O=c1cc(-c2ccc(Cl)cc2)nc2c(-c3ncco3)c[nH]n12. The second kappa shape index (κ2) is 4.85. The van der Waals surface area contributed by atoms with Gasteiger partial charge >= 0.3 is 0 Å². The maximum absolute atomic E-state index is 12.2. The van der Waals surface area contributed by atoms with Crippen LogP contribution < -0.4 is 5.56 Å². The predicted octanol–water partition coefficient (Wildman–Crippen LogP) is 3.00. The number of H-pyrrole nitrogens is 1. The summed E-state index contributed by atoms with van der Waals surface area (Å²) < 4.78 is 6.63. The minimum atomic E-state index is -0.215. The number of hydrogen-bond donors (Lipinski definition) is 1. The topological polar surface area (TPSA) is 76.2 Å². The number of aromatic amines is 1. The Bertz CT molecular complexity index is 1000. The van der Waals surface area contributed by atoms with Crippen LogP contribution in [0.15, 0.2) is 58.2 Å². The lowest BCUT2D eigenvalue weighted by Gasteiger charge is -2.02. The molecule has 3 heterocycles. The maximum atomic E-state index is 12.2. The Balaban J connectivity index is 1.96. The smallest absolute Gasteiger partial charge is 0.273 e. The average molecular weight is 313 g/mol. The van der Waals surface area contributed by atoms with Gasteiger partial charge in [0.25, 0.3) is 5.56 Å². The third-order valence-corrected chi connectivity index (χ3v) is 3.55. The Kier molecular flexibility index (Phi) is 2.83.